The molecule has 0 atom stereocenters. The zero-order chi connectivity index (χ0) is 23.8. The highest BCUT2D eigenvalue weighted by atomic mass is 32.2. The summed E-state index contributed by atoms with van der Waals surface area (Å²) in [7, 11) is 0. The van der Waals surface area contributed by atoms with Crippen molar-refractivity contribution in [2.45, 2.75) is 25.9 Å². The van der Waals surface area contributed by atoms with Gasteiger partial charge in [0.25, 0.3) is 0 Å². The average molecular weight is 475 g/mol. The van der Waals surface area contributed by atoms with Crippen LogP contribution in [0.15, 0.2) is 53.7 Å². The lowest BCUT2D eigenvalue weighted by atomic mass is 10.1. The van der Waals surface area contributed by atoms with Crippen LogP contribution in [0.1, 0.15) is 39.0 Å². The van der Waals surface area contributed by atoms with Crippen molar-refractivity contribution >= 4 is 23.3 Å². The van der Waals surface area contributed by atoms with Crippen molar-refractivity contribution in [1.82, 2.24) is 19.7 Å². The van der Waals surface area contributed by atoms with Crippen molar-refractivity contribution < 1.29 is 19.1 Å². The summed E-state index contributed by atoms with van der Waals surface area (Å²) in [5.74, 6) is 1.95. The normalized spacial score (nSPS) is 12.2. The standard InChI is InChI=1S/C25H22N4O4S/c1-14-22(16(3)30)15(2)26-23(14)19(31)12-34-25-28-27-24(29(25)18-7-5-4-6-8-18)17-9-10-20-21(11-17)33-13-32-20/h4-11,26H,12-13H2,1-3H3. The molecule has 0 bridgehead atoms. The maximum Gasteiger partial charge on any atom is 0.231 e. The Hall–Kier alpha value is -3.85. The van der Waals surface area contributed by atoms with Gasteiger partial charge in [-0.1, -0.05) is 30.0 Å². The summed E-state index contributed by atoms with van der Waals surface area (Å²) in [6.45, 7) is 5.29. The van der Waals surface area contributed by atoms with E-state index in [2.05, 4.69) is 15.2 Å². The second-order valence-corrected chi connectivity index (χ2v) is 8.88. The molecule has 2 aromatic heterocycles. The molecule has 2 aromatic carbocycles. The number of nitrogens with one attached hydrogen (secondary N) is 1. The molecular weight excluding hydrogens is 452 g/mol. The first-order valence-electron chi connectivity index (χ1n) is 10.7. The molecule has 1 N–H and O–H groups in total. The largest absolute Gasteiger partial charge is 0.454 e. The Balaban J connectivity index is 1.47. The Morgan fingerprint density at radius 1 is 1.06 bits per heavy atom. The van der Waals surface area contributed by atoms with Crippen LogP contribution in [0.3, 0.4) is 0 Å². The van der Waals surface area contributed by atoms with Crippen molar-refractivity contribution in [3.8, 4) is 28.6 Å². The molecule has 0 fully saturated rings. The fourth-order valence-electron chi connectivity index (χ4n) is 4.16. The van der Waals surface area contributed by atoms with Crippen molar-refractivity contribution in [1.29, 1.82) is 0 Å². The second kappa shape index (κ2) is 8.83. The van der Waals surface area contributed by atoms with E-state index in [0.29, 0.717) is 45.0 Å². The topological polar surface area (TPSA) is 99.1 Å². The number of Topliss-reactive ketones (excluding diaryl/α,β-unsaturated/α-hetero) is 2. The van der Waals surface area contributed by atoms with Gasteiger partial charge >= 0.3 is 0 Å². The number of hydrogen-bond donors (Lipinski definition) is 1. The Bertz CT molecular complexity index is 1410. The molecule has 8 nitrogen and oxygen atoms in total. The summed E-state index contributed by atoms with van der Waals surface area (Å²) in [5.41, 5.74) is 4.11. The number of benzene rings is 2. The van der Waals surface area contributed by atoms with Crippen molar-refractivity contribution in [3.63, 3.8) is 0 Å². The Morgan fingerprint density at radius 2 is 1.82 bits per heavy atom. The molecule has 0 amide bonds. The first-order valence-corrected chi connectivity index (χ1v) is 11.7. The molecule has 0 radical (unpaired) electrons. The number of carbonyl (C=O) groups is 2. The molecule has 172 valence electrons. The van der Waals surface area contributed by atoms with E-state index in [1.165, 1.54) is 18.7 Å². The lowest BCUT2D eigenvalue weighted by Crippen LogP contribution is -2.07. The number of carbonyl (C=O) groups excluding carboxylic acids is 2. The maximum absolute atomic E-state index is 13.0. The lowest BCUT2D eigenvalue weighted by molar-refractivity contribution is 0.101. The summed E-state index contributed by atoms with van der Waals surface area (Å²) in [6.07, 6.45) is 0. The zero-order valence-electron chi connectivity index (χ0n) is 18.9. The van der Waals surface area contributed by atoms with Gasteiger partial charge in [-0.3, -0.25) is 14.2 Å². The Morgan fingerprint density at radius 3 is 2.56 bits per heavy atom. The van der Waals surface area contributed by atoms with Gasteiger partial charge in [-0.05, 0) is 56.7 Å². The molecule has 0 saturated heterocycles. The van der Waals surface area contributed by atoms with Crippen LogP contribution in [0.25, 0.3) is 17.1 Å². The first kappa shape index (κ1) is 22.0. The van der Waals surface area contributed by atoms with E-state index in [1.54, 1.807) is 13.8 Å². The van der Waals surface area contributed by atoms with Gasteiger partial charge in [-0.25, -0.2) is 0 Å². The van der Waals surface area contributed by atoms with E-state index in [-0.39, 0.29) is 24.1 Å². The van der Waals surface area contributed by atoms with Crippen LogP contribution in [-0.2, 0) is 0 Å². The van der Waals surface area contributed by atoms with Gasteiger partial charge in [0.1, 0.15) is 0 Å². The van der Waals surface area contributed by atoms with Crippen LogP contribution in [0.4, 0.5) is 0 Å². The highest BCUT2D eigenvalue weighted by Gasteiger charge is 2.23. The van der Waals surface area contributed by atoms with Crippen LogP contribution >= 0.6 is 11.8 Å². The molecule has 1 aliphatic heterocycles. The summed E-state index contributed by atoms with van der Waals surface area (Å²) in [6, 6.07) is 15.4. The highest BCUT2D eigenvalue weighted by Crippen LogP contribution is 2.37. The molecule has 1 aliphatic rings. The molecular formula is C25H22N4O4S. The summed E-state index contributed by atoms with van der Waals surface area (Å²) >= 11 is 1.30. The number of para-hydroxylation sites is 1. The summed E-state index contributed by atoms with van der Waals surface area (Å²) in [5, 5.41) is 9.40. The van der Waals surface area contributed by atoms with Crippen LogP contribution < -0.4 is 9.47 Å². The number of aromatic nitrogens is 4. The number of ketones is 2. The molecule has 34 heavy (non-hydrogen) atoms. The molecule has 5 rings (SSSR count). The number of thioether (sulfide) groups is 1. The number of hydrogen-bond acceptors (Lipinski definition) is 7. The van der Waals surface area contributed by atoms with E-state index >= 15 is 0 Å². The predicted octanol–water partition coefficient (Wildman–Crippen LogP) is 4.79. The molecule has 3 heterocycles. The van der Waals surface area contributed by atoms with E-state index in [9.17, 15) is 9.59 Å². The molecule has 0 unspecified atom stereocenters. The Labute approximate surface area is 200 Å². The third kappa shape index (κ3) is 3.88. The Kier molecular flexibility index (Phi) is 5.70. The molecule has 0 aliphatic carbocycles. The number of H-pyrrole nitrogens is 1. The van der Waals surface area contributed by atoms with Gasteiger partial charge in [0.2, 0.25) is 6.79 Å². The van der Waals surface area contributed by atoms with Crippen LogP contribution in [0, 0.1) is 13.8 Å². The van der Waals surface area contributed by atoms with Crippen LogP contribution in [0.5, 0.6) is 11.5 Å². The molecule has 0 saturated carbocycles. The van der Waals surface area contributed by atoms with Crippen molar-refractivity contribution in [2.75, 3.05) is 12.5 Å². The number of aryl methyl sites for hydroxylation is 1. The van der Waals surface area contributed by atoms with Gasteiger partial charge < -0.3 is 14.5 Å². The second-order valence-electron chi connectivity index (χ2n) is 7.94. The van der Waals surface area contributed by atoms with Gasteiger partial charge in [0.05, 0.1) is 11.4 Å². The fraction of sp³-hybridized carbons (Fsp3) is 0.200. The molecule has 9 heteroatoms. The van der Waals surface area contributed by atoms with E-state index in [1.807, 2.05) is 53.1 Å². The molecule has 0 spiro atoms. The van der Waals surface area contributed by atoms with Crippen LogP contribution in [-0.4, -0.2) is 43.9 Å². The number of ether oxygens (including phenoxy) is 2. The van der Waals surface area contributed by atoms with Gasteiger partial charge in [-0.15, -0.1) is 10.2 Å². The van der Waals surface area contributed by atoms with Gasteiger partial charge in [0.15, 0.2) is 34.0 Å². The third-order valence-electron chi connectivity index (χ3n) is 5.68. The number of fused-ring (bicyclic) bond motifs is 1. The number of nitrogens with zero attached hydrogens (tertiary/aromatic N) is 3. The van der Waals surface area contributed by atoms with Crippen LogP contribution in [0.2, 0.25) is 0 Å². The zero-order valence-corrected chi connectivity index (χ0v) is 19.7. The minimum absolute atomic E-state index is 0.0601. The van der Waals surface area contributed by atoms with E-state index in [4.69, 9.17) is 9.47 Å². The number of aromatic amines is 1. The lowest BCUT2D eigenvalue weighted by Gasteiger charge is -2.10. The SMILES string of the molecule is CC(=O)c1c(C)[nH]c(C(=O)CSc2nnc(-c3ccc4c(c3)OCO4)n2-c2ccccc2)c1C. The fourth-order valence-corrected chi connectivity index (χ4v) is 4.98. The quantitative estimate of drug-likeness (QED) is 0.304. The predicted molar refractivity (Wildman–Crippen MR) is 128 cm³/mol. The average Bonchev–Trinajstić information content (AvgIpc) is 3.54. The first-order chi connectivity index (χ1) is 16.4. The maximum atomic E-state index is 13.0. The number of rotatable bonds is 7. The smallest absolute Gasteiger partial charge is 0.231 e. The molecule has 4 aromatic rings. The highest BCUT2D eigenvalue weighted by molar-refractivity contribution is 7.99. The monoisotopic (exact) mass is 474 g/mol. The third-order valence-corrected chi connectivity index (χ3v) is 6.61. The van der Waals surface area contributed by atoms with E-state index in [0.717, 1.165) is 11.3 Å². The van der Waals surface area contributed by atoms with E-state index < -0.39 is 0 Å². The summed E-state index contributed by atoms with van der Waals surface area (Å²) in [4.78, 5) is 28.0. The minimum Gasteiger partial charge on any atom is -0.454 e. The van der Waals surface area contributed by atoms with Gasteiger partial charge in [-0.2, -0.15) is 0 Å². The van der Waals surface area contributed by atoms with Crippen molar-refractivity contribution in [3.05, 3.63) is 71.0 Å². The van der Waals surface area contributed by atoms with Crippen molar-refractivity contribution in [2.24, 2.45) is 0 Å². The minimum atomic E-state index is -0.106. The summed E-state index contributed by atoms with van der Waals surface area (Å²) < 4.78 is 12.9. The van der Waals surface area contributed by atoms with Gasteiger partial charge in [0, 0.05) is 22.5 Å².